The Morgan fingerprint density at radius 3 is 1.76 bits per heavy atom. The number of amides is 7. The van der Waals surface area contributed by atoms with Gasteiger partial charge in [-0.05, 0) is 112 Å². The second-order valence-electron chi connectivity index (χ2n) is 19.1. The predicted octanol–water partition coefficient (Wildman–Crippen LogP) is -1.83. The van der Waals surface area contributed by atoms with Crippen molar-refractivity contribution in [2.75, 3.05) is 55.6 Å². The molecule has 4 fully saturated rings. The zero-order valence-electron chi connectivity index (χ0n) is 40.4. The molecule has 0 aromatic heterocycles. The Balaban J connectivity index is 1.12. The van der Waals surface area contributed by atoms with Gasteiger partial charge >= 0.3 is 0 Å². The van der Waals surface area contributed by atoms with Crippen LogP contribution >= 0.6 is 0 Å². The van der Waals surface area contributed by atoms with Crippen LogP contribution in [0.5, 0.6) is 11.5 Å². The first kappa shape index (κ1) is 52.8. The van der Waals surface area contributed by atoms with Crippen LogP contribution in [0.3, 0.4) is 0 Å². The first-order chi connectivity index (χ1) is 34.4. The third kappa shape index (κ3) is 12.9. The standard InChI is InChI=1S/C50H66N10O12/c1-28(61)42-49(71)59-26-32(51)24-40(59)47(69)52-19-3-4-38(53-44(66)31-8-10-33(11-9-31)57-20-22-58(23-21-57)34-12-16-36(64)17-13-34)45(67)55-43(29(2)62)50(72)60-27-37(65)25-41(60)48(70)54-39(46(68)56-42)18-7-30-5-14-35(63)15-6-30/h5-6,8-17,28-29,32,37-43,61-65H,3-4,7,18-27,51H2,1-2H3,(H,52,69)(H,53,66)(H,54,70)(H,55,67)(H,56,68)/t28?,29?,32-,37+,38-,39?,40?,41?,42?,43?/m0/s1. The van der Waals surface area contributed by atoms with Crippen molar-refractivity contribution in [3.8, 4) is 11.5 Å². The average Bonchev–Trinajstić information content (AvgIpc) is 3.96. The topological polar surface area (TPSA) is 320 Å². The van der Waals surface area contributed by atoms with Crippen molar-refractivity contribution in [3.63, 3.8) is 0 Å². The lowest BCUT2D eigenvalue weighted by Gasteiger charge is -2.37. The van der Waals surface area contributed by atoms with Gasteiger partial charge in [0.25, 0.3) is 5.91 Å². The van der Waals surface area contributed by atoms with Crippen LogP contribution in [0.1, 0.15) is 61.9 Å². The molecular formula is C50H66N10O12. The number of nitrogens with one attached hydrogen (secondary N) is 5. The molecule has 7 unspecified atom stereocenters. The summed E-state index contributed by atoms with van der Waals surface area (Å²) in [5.74, 6) is -5.38. The van der Waals surface area contributed by atoms with Crippen LogP contribution in [0.2, 0.25) is 0 Å². The Morgan fingerprint density at radius 2 is 1.19 bits per heavy atom. The Labute approximate surface area is 416 Å². The summed E-state index contributed by atoms with van der Waals surface area (Å²) in [7, 11) is 0. The minimum absolute atomic E-state index is 0.00245. The molecule has 0 saturated carbocycles. The van der Waals surface area contributed by atoms with Gasteiger partial charge in [0.1, 0.15) is 47.8 Å². The summed E-state index contributed by atoms with van der Waals surface area (Å²) >= 11 is 0. The summed E-state index contributed by atoms with van der Waals surface area (Å²) in [6.45, 7) is 4.88. The molecular weight excluding hydrogens is 933 g/mol. The fourth-order valence-corrected chi connectivity index (χ4v) is 9.68. The van der Waals surface area contributed by atoms with Crippen molar-refractivity contribution in [3.05, 3.63) is 83.9 Å². The van der Waals surface area contributed by atoms with Crippen LogP contribution in [0.4, 0.5) is 11.4 Å². The van der Waals surface area contributed by atoms with Gasteiger partial charge in [0.05, 0.1) is 18.3 Å². The van der Waals surface area contributed by atoms with E-state index in [0.717, 1.165) is 29.4 Å². The third-order valence-corrected chi connectivity index (χ3v) is 13.7. The molecule has 4 aliphatic rings. The van der Waals surface area contributed by atoms with Crippen molar-refractivity contribution in [2.45, 2.75) is 113 Å². The number of piperazine rings is 1. The van der Waals surface area contributed by atoms with E-state index in [9.17, 15) is 59.1 Å². The van der Waals surface area contributed by atoms with E-state index in [1.807, 2.05) is 12.1 Å². The van der Waals surface area contributed by atoms with E-state index in [1.54, 1.807) is 48.5 Å². The molecule has 72 heavy (non-hydrogen) atoms. The van der Waals surface area contributed by atoms with Crippen LogP contribution in [0.15, 0.2) is 72.8 Å². The van der Waals surface area contributed by atoms with E-state index in [2.05, 4.69) is 36.4 Å². The maximum absolute atomic E-state index is 14.4. The molecule has 4 saturated heterocycles. The molecule has 22 nitrogen and oxygen atoms in total. The minimum Gasteiger partial charge on any atom is -0.508 e. The number of aliphatic hydroxyl groups is 3. The number of nitrogens with two attached hydrogens (primary N) is 1. The zero-order valence-corrected chi connectivity index (χ0v) is 40.4. The highest BCUT2D eigenvalue weighted by Gasteiger charge is 2.46. The average molecular weight is 999 g/mol. The van der Waals surface area contributed by atoms with Gasteiger partial charge in [-0.1, -0.05) is 12.1 Å². The molecule has 4 heterocycles. The molecule has 12 N–H and O–H groups in total. The number of rotatable bonds is 9. The third-order valence-electron chi connectivity index (χ3n) is 13.7. The van der Waals surface area contributed by atoms with Crippen LogP contribution in [-0.2, 0) is 35.2 Å². The van der Waals surface area contributed by atoms with Crippen molar-refractivity contribution in [1.82, 2.24) is 36.4 Å². The van der Waals surface area contributed by atoms with E-state index in [1.165, 1.54) is 30.9 Å². The molecule has 7 amide bonds. The largest absolute Gasteiger partial charge is 0.508 e. The summed E-state index contributed by atoms with van der Waals surface area (Å²) in [5.41, 5.74) is 9.03. The molecule has 3 aromatic carbocycles. The van der Waals surface area contributed by atoms with E-state index < -0.39 is 102 Å². The lowest BCUT2D eigenvalue weighted by molar-refractivity contribution is -0.145. The van der Waals surface area contributed by atoms with E-state index in [0.29, 0.717) is 18.7 Å². The van der Waals surface area contributed by atoms with E-state index in [4.69, 9.17) is 5.73 Å². The SMILES string of the molecule is CC(O)C1NC(=O)C(CCc2ccc(O)cc2)NC(=O)C2C[C@@H](O)CN2C(=O)C(C(C)O)NC(=O)[C@@H](NC(=O)c2ccc(N3CCN(c4ccc(O)cc4)CC3)cc2)CCCNC(=O)C2C[C@H](N)CN2C1=O. The maximum atomic E-state index is 14.4. The fraction of sp³-hybridized carbons (Fsp3) is 0.500. The van der Waals surface area contributed by atoms with E-state index in [-0.39, 0.29) is 75.2 Å². The maximum Gasteiger partial charge on any atom is 0.251 e. The summed E-state index contributed by atoms with van der Waals surface area (Å²) < 4.78 is 0. The first-order valence-electron chi connectivity index (χ1n) is 24.4. The highest BCUT2D eigenvalue weighted by Crippen LogP contribution is 2.25. The highest BCUT2D eigenvalue weighted by atomic mass is 16.3. The van der Waals surface area contributed by atoms with Gasteiger partial charge in [0, 0.05) is 75.2 Å². The van der Waals surface area contributed by atoms with Gasteiger partial charge in [-0.25, -0.2) is 0 Å². The highest BCUT2D eigenvalue weighted by molar-refractivity contribution is 6.00. The van der Waals surface area contributed by atoms with Crippen molar-refractivity contribution < 1.29 is 59.1 Å². The molecule has 0 radical (unpaired) electrons. The van der Waals surface area contributed by atoms with Crippen molar-refractivity contribution >= 4 is 52.7 Å². The second kappa shape index (κ2) is 23.5. The fourth-order valence-electron chi connectivity index (χ4n) is 9.68. The number of hydrogen-bond acceptors (Lipinski definition) is 15. The molecule has 388 valence electrons. The number of aromatic hydroxyl groups is 2. The number of benzene rings is 3. The van der Waals surface area contributed by atoms with Gasteiger partial charge in [-0.15, -0.1) is 0 Å². The van der Waals surface area contributed by atoms with Gasteiger partial charge in [-0.2, -0.15) is 0 Å². The number of carbonyl (C=O) groups is 7. The number of anilines is 2. The normalized spacial score (nSPS) is 27.1. The van der Waals surface area contributed by atoms with Crippen LogP contribution in [0, 0.1) is 0 Å². The lowest BCUT2D eigenvalue weighted by Crippen LogP contribution is -2.61. The molecule has 10 atom stereocenters. The quantitative estimate of drug-likeness (QED) is 0.112. The molecule has 0 spiro atoms. The zero-order chi connectivity index (χ0) is 51.8. The molecule has 0 bridgehead atoms. The minimum atomic E-state index is -1.68. The monoisotopic (exact) mass is 998 g/mol. The smallest absolute Gasteiger partial charge is 0.251 e. The molecule has 0 aliphatic carbocycles. The van der Waals surface area contributed by atoms with Crippen LogP contribution in [0.25, 0.3) is 0 Å². The molecule has 22 heteroatoms. The number of phenolic OH excluding ortho intramolecular Hbond substituents is 2. The Hall–Kier alpha value is -7.01. The number of aryl methyl sites for hydroxylation is 1. The predicted molar refractivity (Wildman–Crippen MR) is 262 cm³/mol. The molecule has 7 rings (SSSR count). The summed E-state index contributed by atoms with van der Waals surface area (Å²) in [5, 5.41) is 65.5. The second-order valence-corrected chi connectivity index (χ2v) is 19.1. The Bertz CT molecular complexity index is 2420. The van der Waals surface area contributed by atoms with Crippen molar-refractivity contribution in [2.24, 2.45) is 5.73 Å². The number of fused-ring (bicyclic) bond motifs is 2. The number of phenols is 2. The van der Waals surface area contributed by atoms with Crippen molar-refractivity contribution in [1.29, 1.82) is 0 Å². The van der Waals surface area contributed by atoms with Crippen LogP contribution in [-0.4, -0.2) is 183 Å². The number of carbonyl (C=O) groups excluding carboxylic acids is 7. The van der Waals surface area contributed by atoms with Gasteiger partial charge < -0.3 is 77.4 Å². The summed E-state index contributed by atoms with van der Waals surface area (Å²) in [4.78, 5) is 105. The van der Waals surface area contributed by atoms with Crippen LogP contribution < -0.4 is 42.1 Å². The van der Waals surface area contributed by atoms with Gasteiger partial charge in [-0.3, -0.25) is 33.6 Å². The summed E-state index contributed by atoms with van der Waals surface area (Å²) in [6.07, 6.45) is -4.35. The number of hydrogen-bond donors (Lipinski definition) is 11. The lowest BCUT2D eigenvalue weighted by atomic mass is 10.0. The van der Waals surface area contributed by atoms with Gasteiger partial charge in [0.15, 0.2) is 0 Å². The van der Waals surface area contributed by atoms with Gasteiger partial charge in [0.2, 0.25) is 35.4 Å². The first-order valence-corrected chi connectivity index (χ1v) is 24.4. The number of nitrogens with zero attached hydrogens (tertiary/aromatic N) is 4. The Kier molecular flexibility index (Phi) is 17.2. The van der Waals surface area contributed by atoms with E-state index >= 15 is 0 Å². The summed E-state index contributed by atoms with van der Waals surface area (Å²) in [6, 6.07) is 10.8. The molecule has 3 aromatic rings. The Morgan fingerprint density at radius 1 is 0.681 bits per heavy atom. The molecule has 4 aliphatic heterocycles. The number of aliphatic hydroxyl groups excluding tert-OH is 3.